The van der Waals surface area contributed by atoms with Crippen LogP contribution in [0, 0.1) is 11.8 Å². The summed E-state index contributed by atoms with van der Waals surface area (Å²) in [6.07, 6.45) is 5.52. The summed E-state index contributed by atoms with van der Waals surface area (Å²) in [5.74, 6) is 1.56. The lowest BCUT2D eigenvalue weighted by Crippen LogP contribution is -2.27. The Morgan fingerprint density at radius 3 is 3.24 bits per heavy atom. The molecule has 17 heavy (non-hydrogen) atoms. The fourth-order valence-electron chi connectivity index (χ4n) is 2.02. The molecule has 1 aliphatic carbocycles. The highest BCUT2D eigenvalue weighted by atomic mass is 32.1. The molecular weight excluding hydrogens is 234 g/mol. The summed E-state index contributed by atoms with van der Waals surface area (Å²) in [4.78, 5) is 17.0. The Morgan fingerprint density at radius 1 is 1.71 bits per heavy atom. The van der Waals surface area contributed by atoms with Gasteiger partial charge in [-0.1, -0.05) is 6.92 Å². The molecule has 4 nitrogen and oxygen atoms in total. The quantitative estimate of drug-likeness (QED) is 0.896. The van der Waals surface area contributed by atoms with Crippen LogP contribution in [0.1, 0.15) is 19.0 Å². The van der Waals surface area contributed by atoms with Crippen molar-refractivity contribution in [3.63, 3.8) is 0 Å². The Hall–Kier alpha value is -1.36. The molecule has 1 amide bonds. The van der Waals surface area contributed by atoms with Gasteiger partial charge >= 0.3 is 0 Å². The molecule has 0 saturated heterocycles. The number of hydrogen-bond acceptors (Lipinski definition) is 3. The van der Waals surface area contributed by atoms with Crippen LogP contribution in [0.4, 0.5) is 0 Å². The molecule has 2 aromatic rings. The van der Waals surface area contributed by atoms with Gasteiger partial charge in [0.1, 0.15) is 0 Å². The van der Waals surface area contributed by atoms with Crippen molar-refractivity contribution in [3.8, 4) is 0 Å². The summed E-state index contributed by atoms with van der Waals surface area (Å²) in [6.45, 7) is 3.04. The number of hydrogen-bond donors (Lipinski definition) is 1. The van der Waals surface area contributed by atoms with Crippen molar-refractivity contribution >= 4 is 22.2 Å². The molecule has 5 heteroatoms. The number of nitrogens with zero attached hydrogens (tertiary/aromatic N) is 2. The first-order valence-corrected chi connectivity index (χ1v) is 6.78. The summed E-state index contributed by atoms with van der Waals surface area (Å²) >= 11 is 1.58. The summed E-state index contributed by atoms with van der Waals surface area (Å²) in [5, 5.41) is 4.96. The van der Waals surface area contributed by atoms with Crippen molar-refractivity contribution in [3.05, 3.63) is 23.5 Å². The Morgan fingerprint density at radius 2 is 2.53 bits per heavy atom. The molecule has 1 N–H and O–H groups in total. The Kier molecular flexibility index (Phi) is 2.63. The molecule has 2 heterocycles. The molecule has 0 aromatic carbocycles. The maximum Gasteiger partial charge on any atom is 0.226 e. The van der Waals surface area contributed by atoms with Crippen LogP contribution in [-0.2, 0) is 11.2 Å². The fourth-order valence-corrected chi connectivity index (χ4v) is 2.74. The van der Waals surface area contributed by atoms with Crippen LogP contribution in [0.3, 0.4) is 0 Å². The minimum absolute atomic E-state index is 0.0786. The van der Waals surface area contributed by atoms with E-state index < -0.39 is 0 Å². The number of nitrogens with one attached hydrogen (secondary N) is 1. The van der Waals surface area contributed by atoms with Crippen molar-refractivity contribution in [1.29, 1.82) is 0 Å². The van der Waals surface area contributed by atoms with Gasteiger partial charge in [0.2, 0.25) is 5.91 Å². The van der Waals surface area contributed by atoms with Crippen LogP contribution in [0.25, 0.3) is 4.96 Å². The third kappa shape index (κ3) is 2.34. The third-order valence-corrected chi connectivity index (χ3v) is 4.09. The molecule has 90 valence electrons. The fraction of sp³-hybridized carbons (Fsp3) is 0.500. The van der Waals surface area contributed by atoms with Crippen molar-refractivity contribution < 1.29 is 4.79 Å². The van der Waals surface area contributed by atoms with Crippen molar-refractivity contribution in [2.24, 2.45) is 11.8 Å². The van der Waals surface area contributed by atoms with Crippen LogP contribution in [0.5, 0.6) is 0 Å². The predicted molar refractivity (Wildman–Crippen MR) is 67.1 cm³/mol. The van der Waals surface area contributed by atoms with E-state index in [1.165, 1.54) is 6.42 Å². The second kappa shape index (κ2) is 4.14. The topological polar surface area (TPSA) is 46.4 Å². The predicted octanol–water partition coefficient (Wildman–Crippen LogP) is 1.71. The maximum absolute atomic E-state index is 11.7. The lowest BCUT2D eigenvalue weighted by molar-refractivity contribution is -0.120. The highest BCUT2D eigenvalue weighted by molar-refractivity contribution is 7.15. The zero-order valence-electron chi connectivity index (χ0n) is 9.72. The van der Waals surface area contributed by atoms with E-state index in [0.29, 0.717) is 12.3 Å². The van der Waals surface area contributed by atoms with Crippen LogP contribution in [0.2, 0.25) is 0 Å². The number of carbonyl (C=O) groups excluding carboxylic acids is 1. The highest BCUT2D eigenvalue weighted by Gasteiger charge is 2.32. The first-order valence-electron chi connectivity index (χ1n) is 5.90. The van der Waals surface area contributed by atoms with Gasteiger partial charge in [0.15, 0.2) is 4.96 Å². The van der Waals surface area contributed by atoms with Gasteiger partial charge in [-0.3, -0.25) is 9.20 Å². The van der Waals surface area contributed by atoms with Gasteiger partial charge in [-0.15, -0.1) is 11.3 Å². The molecule has 3 rings (SSSR count). The zero-order valence-corrected chi connectivity index (χ0v) is 10.5. The largest absolute Gasteiger partial charge is 0.355 e. The number of amides is 1. The van der Waals surface area contributed by atoms with Crippen molar-refractivity contribution in [2.75, 3.05) is 6.54 Å². The van der Waals surface area contributed by atoms with Crippen molar-refractivity contribution in [1.82, 2.24) is 14.7 Å². The van der Waals surface area contributed by atoms with Gasteiger partial charge < -0.3 is 5.32 Å². The van der Waals surface area contributed by atoms with E-state index >= 15 is 0 Å². The number of imidazole rings is 1. The molecule has 2 aromatic heterocycles. The molecule has 1 aliphatic rings. The lowest BCUT2D eigenvalue weighted by Gasteiger charge is -2.02. The van der Waals surface area contributed by atoms with Gasteiger partial charge in [-0.05, 0) is 18.3 Å². The highest BCUT2D eigenvalue weighted by Crippen LogP contribution is 2.36. The number of fused-ring (bicyclic) bond motifs is 1. The van der Waals surface area contributed by atoms with E-state index in [4.69, 9.17) is 0 Å². The number of thiazole rings is 1. The molecule has 0 unspecified atom stereocenters. The lowest BCUT2D eigenvalue weighted by atomic mass is 10.3. The van der Waals surface area contributed by atoms with E-state index in [1.54, 1.807) is 11.3 Å². The number of rotatable bonds is 4. The van der Waals surface area contributed by atoms with Gasteiger partial charge in [0.05, 0.1) is 12.1 Å². The smallest absolute Gasteiger partial charge is 0.226 e. The third-order valence-electron chi connectivity index (χ3n) is 3.32. The molecule has 2 atom stereocenters. The van der Waals surface area contributed by atoms with E-state index in [0.717, 1.165) is 23.1 Å². The Bertz CT molecular complexity index is 516. The van der Waals surface area contributed by atoms with Gasteiger partial charge in [0.25, 0.3) is 0 Å². The minimum Gasteiger partial charge on any atom is -0.355 e. The van der Waals surface area contributed by atoms with Gasteiger partial charge in [-0.2, -0.15) is 0 Å². The average molecular weight is 249 g/mol. The molecule has 0 spiro atoms. The van der Waals surface area contributed by atoms with E-state index in [1.807, 2.05) is 22.2 Å². The first-order chi connectivity index (χ1) is 8.22. The monoisotopic (exact) mass is 249 g/mol. The second-order valence-electron chi connectivity index (χ2n) is 4.78. The first kappa shape index (κ1) is 10.8. The molecule has 0 aliphatic heterocycles. The van der Waals surface area contributed by atoms with E-state index in [-0.39, 0.29) is 5.91 Å². The van der Waals surface area contributed by atoms with Gasteiger partial charge in [0, 0.05) is 24.3 Å². The number of carbonyl (C=O) groups is 1. The minimum atomic E-state index is 0.0786. The summed E-state index contributed by atoms with van der Waals surface area (Å²) in [6, 6.07) is 0. The van der Waals surface area contributed by atoms with Crippen LogP contribution in [-0.4, -0.2) is 21.8 Å². The standard InChI is InChI=1S/C12H15N3OS/c1-8-4-9(8)6-13-11(16)5-10-7-15-2-3-17-12(15)14-10/h2-3,7-9H,4-6H2,1H3,(H,13,16)/t8-,9+/m0/s1. The molecule has 0 bridgehead atoms. The molecule has 1 saturated carbocycles. The normalized spacial score (nSPS) is 22.9. The molecule has 0 radical (unpaired) electrons. The SMILES string of the molecule is C[C@H]1C[C@@H]1CNC(=O)Cc1cn2ccsc2n1. The van der Waals surface area contributed by atoms with E-state index in [2.05, 4.69) is 17.2 Å². The average Bonchev–Trinajstić information content (AvgIpc) is 2.68. The van der Waals surface area contributed by atoms with Crippen molar-refractivity contribution in [2.45, 2.75) is 19.8 Å². The summed E-state index contributed by atoms with van der Waals surface area (Å²) < 4.78 is 1.95. The summed E-state index contributed by atoms with van der Waals surface area (Å²) in [5.41, 5.74) is 0.846. The van der Waals surface area contributed by atoms with Crippen LogP contribution in [0.15, 0.2) is 17.8 Å². The summed E-state index contributed by atoms with van der Waals surface area (Å²) in [7, 11) is 0. The zero-order chi connectivity index (χ0) is 11.8. The molecular formula is C12H15N3OS. The van der Waals surface area contributed by atoms with Crippen LogP contribution < -0.4 is 5.32 Å². The Balaban J connectivity index is 1.55. The second-order valence-corrected chi connectivity index (χ2v) is 5.65. The number of aromatic nitrogens is 2. The molecule has 1 fully saturated rings. The maximum atomic E-state index is 11.7. The Labute approximate surface area is 104 Å². The van der Waals surface area contributed by atoms with Gasteiger partial charge in [-0.25, -0.2) is 4.98 Å². The van der Waals surface area contributed by atoms with Crippen LogP contribution >= 0.6 is 11.3 Å². The van der Waals surface area contributed by atoms with E-state index in [9.17, 15) is 4.79 Å².